The van der Waals surface area contributed by atoms with E-state index in [2.05, 4.69) is 11.0 Å². The minimum absolute atomic E-state index is 0.0245. The summed E-state index contributed by atoms with van der Waals surface area (Å²) in [6.07, 6.45) is 2.95. The molecule has 0 aliphatic carbocycles. The van der Waals surface area contributed by atoms with E-state index in [1.807, 2.05) is 0 Å². The van der Waals surface area contributed by atoms with Crippen LogP contribution in [0.25, 0.3) is 6.08 Å². The average molecular weight is 476 g/mol. The lowest BCUT2D eigenvalue weighted by molar-refractivity contribution is -0.384. The van der Waals surface area contributed by atoms with Gasteiger partial charge in [0, 0.05) is 18.7 Å². The van der Waals surface area contributed by atoms with Crippen molar-refractivity contribution in [1.82, 2.24) is 4.90 Å². The zero-order chi connectivity index (χ0) is 23.5. The first-order chi connectivity index (χ1) is 15.2. The van der Waals surface area contributed by atoms with Gasteiger partial charge in [-0.3, -0.25) is 19.8 Å². The van der Waals surface area contributed by atoms with Crippen molar-refractivity contribution in [2.24, 2.45) is 4.40 Å². The predicted octanol–water partition coefficient (Wildman–Crippen LogP) is 3.16. The second-order valence-electron chi connectivity index (χ2n) is 6.35. The number of phenolic OH excluding ortho intramolecular Hbond substituents is 1. The Bertz CT molecular complexity index is 1250. The summed E-state index contributed by atoms with van der Waals surface area (Å²) in [5.74, 6) is -0.322. The second-order valence-corrected chi connectivity index (χ2v) is 8.96. The van der Waals surface area contributed by atoms with Crippen LogP contribution < -0.4 is 4.74 Å². The van der Waals surface area contributed by atoms with E-state index >= 15 is 0 Å². The maximum Gasteiger partial charge on any atom is 0.284 e. The molecule has 1 heterocycles. The summed E-state index contributed by atoms with van der Waals surface area (Å²) in [5.41, 5.74) is 0.290. The molecule has 10 nitrogen and oxygen atoms in total. The number of ether oxygens (including phenoxy) is 1. The number of sulfonamides is 1. The summed E-state index contributed by atoms with van der Waals surface area (Å²) in [6.45, 7) is 3.60. The quantitative estimate of drug-likeness (QED) is 0.279. The zero-order valence-corrected chi connectivity index (χ0v) is 18.3. The van der Waals surface area contributed by atoms with Crippen LogP contribution in [-0.4, -0.2) is 48.1 Å². The van der Waals surface area contributed by atoms with Crippen molar-refractivity contribution in [3.05, 3.63) is 75.7 Å². The fourth-order valence-electron chi connectivity index (χ4n) is 2.70. The third-order valence-electron chi connectivity index (χ3n) is 4.24. The number of rotatable bonds is 7. The molecular formula is C20H17N3O7S2. The van der Waals surface area contributed by atoms with Gasteiger partial charge in [-0.05, 0) is 47.7 Å². The molecule has 12 heteroatoms. The fraction of sp³-hybridized carbons (Fsp3) is 0.100. The molecule has 1 aliphatic heterocycles. The maximum absolute atomic E-state index is 12.8. The Balaban J connectivity index is 1.98. The number of aromatic hydroxyl groups is 1. The number of methoxy groups -OCH3 is 1. The van der Waals surface area contributed by atoms with Crippen LogP contribution in [0.4, 0.5) is 5.69 Å². The van der Waals surface area contributed by atoms with Gasteiger partial charge in [-0.25, -0.2) is 0 Å². The molecule has 1 amide bonds. The maximum atomic E-state index is 12.8. The van der Waals surface area contributed by atoms with Crippen LogP contribution in [0.2, 0.25) is 0 Å². The highest BCUT2D eigenvalue weighted by Gasteiger charge is 2.34. The Kier molecular flexibility index (Phi) is 6.65. The Morgan fingerprint density at radius 1 is 1.28 bits per heavy atom. The highest BCUT2D eigenvalue weighted by Crippen LogP contribution is 2.35. The first-order valence-corrected chi connectivity index (χ1v) is 11.2. The van der Waals surface area contributed by atoms with Crippen molar-refractivity contribution in [2.45, 2.75) is 4.90 Å². The number of non-ortho nitro benzene ring substituents is 1. The smallest absolute Gasteiger partial charge is 0.284 e. The van der Waals surface area contributed by atoms with E-state index in [0.717, 1.165) is 40.9 Å². The third-order valence-corrected chi connectivity index (χ3v) is 6.65. The van der Waals surface area contributed by atoms with E-state index in [1.54, 1.807) is 6.07 Å². The van der Waals surface area contributed by atoms with Crippen LogP contribution in [0.3, 0.4) is 0 Å². The lowest BCUT2D eigenvalue weighted by atomic mass is 10.2. The molecule has 2 aromatic carbocycles. The lowest BCUT2D eigenvalue weighted by Crippen LogP contribution is -2.29. The van der Waals surface area contributed by atoms with Crippen LogP contribution in [0.15, 0.2) is 69.3 Å². The number of phenols is 1. The van der Waals surface area contributed by atoms with E-state index < -0.39 is 20.9 Å². The second kappa shape index (κ2) is 9.24. The van der Waals surface area contributed by atoms with Crippen molar-refractivity contribution in [1.29, 1.82) is 0 Å². The van der Waals surface area contributed by atoms with Gasteiger partial charge in [0.25, 0.3) is 21.6 Å². The Hall–Kier alpha value is -3.64. The highest BCUT2D eigenvalue weighted by molar-refractivity contribution is 8.19. The first-order valence-electron chi connectivity index (χ1n) is 8.95. The van der Waals surface area contributed by atoms with Crippen LogP contribution in [0.5, 0.6) is 11.5 Å². The fourth-order valence-corrected chi connectivity index (χ4v) is 4.89. The van der Waals surface area contributed by atoms with Gasteiger partial charge < -0.3 is 9.84 Å². The predicted molar refractivity (Wildman–Crippen MR) is 120 cm³/mol. The molecule has 1 saturated heterocycles. The number of nitro groups is 1. The molecule has 0 spiro atoms. The normalized spacial score (nSPS) is 16.5. The minimum atomic E-state index is -4.24. The van der Waals surface area contributed by atoms with Crippen LogP contribution in [0, 0.1) is 10.1 Å². The minimum Gasteiger partial charge on any atom is -0.504 e. The van der Waals surface area contributed by atoms with Crippen LogP contribution in [0.1, 0.15) is 5.56 Å². The number of hydrogen-bond acceptors (Lipinski definition) is 8. The highest BCUT2D eigenvalue weighted by atomic mass is 32.2. The molecule has 0 radical (unpaired) electrons. The Labute approximate surface area is 187 Å². The van der Waals surface area contributed by atoms with Gasteiger partial charge in [0.15, 0.2) is 16.7 Å². The third kappa shape index (κ3) is 4.81. The molecule has 3 rings (SSSR count). The molecule has 2 aromatic rings. The van der Waals surface area contributed by atoms with E-state index in [-0.39, 0.29) is 38.7 Å². The van der Waals surface area contributed by atoms with Gasteiger partial charge in [-0.15, -0.1) is 11.0 Å². The topological polar surface area (TPSA) is 139 Å². The molecule has 0 atom stereocenters. The number of carbonyl (C=O) groups excluding carboxylic acids is 1. The molecule has 0 unspecified atom stereocenters. The number of amidine groups is 1. The number of nitro benzene ring substituents is 1. The summed E-state index contributed by atoms with van der Waals surface area (Å²) in [5, 5.41) is 20.4. The SMILES string of the molecule is C=CCN1C(=O)C(=Cc2ccc(O)c(OC)c2)SC1=NS(=O)(=O)c1ccc([N+](=O)[O-])cc1. The molecule has 1 fully saturated rings. The van der Waals surface area contributed by atoms with E-state index in [4.69, 9.17) is 4.74 Å². The summed E-state index contributed by atoms with van der Waals surface area (Å²) >= 11 is 0.858. The van der Waals surface area contributed by atoms with E-state index in [1.165, 1.54) is 31.4 Å². The van der Waals surface area contributed by atoms with Crippen molar-refractivity contribution in [2.75, 3.05) is 13.7 Å². The van der Waals surface area contributed by atoms with Gasteiger partial charge in [0.1, 0.15) is 0 Å². The van der Waals surface area contributed by atoms with Gasteiger partial charge in [-0.2, -0.15) is 8.42 Å². The number of hydrogen-bond donors (Lipinski definition) is 1. The number of benzene rings is 2. The molecular weight excluding hydrogens is 458 g/mol. The number of nitrogens with zero attached hydrogens (tertiary/aromatic N) is 3. The van der Waals surface area contributed by atoms with Crippen molar-refractivity contribution in [3.63, 3.8) is 0 Å². The number of carbonyl (C=O) groups is 1. The molecule has 0 bridgehead atoms. The molecule has 32 heavy (non-hydrogen) atoms. The van der Waals surface area contributed by atoms with Crippen molar-refractivity contribution < 1.29 is 28.0 Å². The number of thioether (sulfide) groups is 1. The Morgan fingerprint density at radius 2 is 1.97 bits per heavy atom. The first kappa shape index (κ1) is 23.0. The number of amides is 1. The van der Waals surface area contributed by atoms with Gasteiger partial charge >= 0.3 is 0 Å². The van der Waals surface area contributed by atoms with Crippen molar-refractivity contribution in [3.8, 4) is 11.5 Å². The average Bonchev–Trinajstić information content (AvgIpc) is 3.03. The monoisotopic (exact) mass is 475 g/mol. The van der Waals surface area contributed by atoms with Crippen molar-refractivity contribution >= 4 is 44.6 Å². The molecule has 166 valence electrons. The van der Waals surface area contributed by atoms with E-state index in [9.17, 15) is 28.4 Å². The summed E-state index contributed by atoms with van der Waals surface area (Å²) < 4.78 is 34.3. The molecule has 0 aromatic heterocycles. The summed E-state index contributed by atoms with van der Waals surface area (Å²) in [7, 11) is -2.85. The molecule has 0 saturated carbocycles. The largest absolute Gasteiger partial charge is 0.504 e. The van der Waals surface area contributed by atoms with Gasteiger partial charge in [-0.1, -0.05) is 12.1 Å². The van der Waals surface area contributed by atoms with Gasteiger partial charge in [0.2, 0.25) is 0 Å². The van der Waals surface area contributed by atoms with Crippen LogP contribution >= 0.6 is 11.8 Å². The van der Waals surface area contributed by atoms with Gasteiger partial charge in [0.05, 0.1) is 21.8 Å². The summed E-state index contributed by atoms with van der Waals surface area (Å²) in [6, 6.07) is 8.78. The Morgan fingerprint density at radius 3 is 2.56 bits per heavy atom. The summed E-state index contributed by atoms with van der Waals surface area (Å²) in [4.78, 5) is 24.1. The van der Waals surface area contributed by atoms with E-state index in [0.29, 0.717) is 5.56 Å². The lowest BCUT2D eigenvalue weighted by Gasteiger charge is -2.12. The van der Waals surface area contributed by atoms with Crippen LogP contribution in [-0.2, 0) is 14.8 Å². The zero-order valence-electron chi connectivity index (χ0n) is 16.7. The standard InChI is InChI=1S/C20H17N3O7S2/c1-3-10-22-19(25)18(12-13-4-9-16(24)17(11-13)30-2)31-20(22)21-32(28,29)15-7-5-14(6-8-15)23(26)27/h3-9,11-12,24H,1,10H2,2H3. The molecule has 1 N–H and O–H groups in total. The molecule has 1 aliphatic rings.